The molecule has 1 amide bonds. The fourth-order valence-corrected chi connectivity index (χ4v) is 3.54. The predicted molar refractivity (Wildman–Crippen MR) is 89.4 cm³/mol. The van der Waals surface area contributed by atoms with E-state index in [0.717, 1.165) is 36.1 Å². The summed E-state index contributed by atoms with van der Waals surface area (Å²) in [6.07, 6.45) is 0.270. The van der Waals surface area contributed by atoms with Gasteiger partial charge < -0.3 is 10.1 Å². The van der Waals surface area contributed by atoms with Crippen molar-refractivity contribution in [2.45, 2.75) is 51.1 Å². The summed E-state index contributed by atoms with van der Waals surface area (Å²) >= 11 is 0. The number of ether oxygens (including phenoxy) is 1. The second kappa shape index (κ2) is 6.66. The van der Waals surface area contributed by atoms with Crippen LogP contribution in [0.4, 0.5) is 8.78 Å². The summed E-state index contributed by atoms with van der Waals surface area (Å²) in [5, 5.41) is 10.4. The lowest BCUT2D eigenvalue weighted by atomic mass is 10.1. The number of rotatable bonds is 6. The molecule has 1 fully saturated rings. The van der Waals surface area contributed by atoms with Crippen LogP contribution in [0, 0.1) is 0 Å². The van der Waals surface area contributed by atoms with Crippen molar-refractivity contribution in [3.8, 4) is 5.75 Å². The number of carbonyl (C=O) groups is 1. The second-order valence-corrected chi connectivity index (χ2v) is 6.62. The van der Waals surface area contributed by atoms with Crippen molar-refractivity contribution in [3.05, 3.63) is 40.7 Å². The molecular weight excluding hydrogens is 342 g/mol. The minimum atomic E-state index is -2.79. The average molecular weight is 362 g/mol. The molecule has 0 bridgehead atoms. The highest BCUT2D eigenvalue weighted by Gasteiger charge is 2.35. The highest BCUT2D eigenvalue weighted by molar-refractivity contribution is 5.93. The van der Waals surface area contributed by atoms with Crippen molar-refractivity contribution in [3.63, 3.8) is 0 Å². The molecule has 1 unspecified atom stereocenters. The van der Waals surface area contributed by atoms with E-state index in [4.69, 9.17) is 4.74 Å². The van der Waals surface area contributed by atoms with Gasteiger partial charge in [-0.1, -0.05) is 17.3 Å². The quantitative estimate of drug-likeness (QED) is 0.855. The number of carbonyl (C=O) groups excluding carboxylic acids is 1. The number of hydrogen-bond acceptors (Lipinski definition) is 4. The smallest absolute Gasteiger partial charge is 0.282 e. The van der Waals surface area contributed by atoms with Gasteiger partial charge in [0.1, 0.15) is 11.4 Å². The standard InChI is InChI=1S/C18H20F2N4O2/c1-2-26-14-5-3-4-11-12(14)8-9-13(11)21-18(25)15-16(17(19)20)24(23-22-15)10-6-7-10/h3-5,10,13,17H,2,6-9H2,1H3,(H,21,25). The van der Waals surface area contributed by atoms with Crippen molar-refractivity contribution in [1.82, 2.24) is 20.3 Å². The van der Waals surface area contributed by atoms with Crippen LogP contribution in [0.3, 0.4) is 0 Å². The minimum Gasteiger partial charge on any atom is -0.494 e. The summed E-state index contributed by atoms with van der Waals surface area (Å²) in [6, 6.07) is 5.42. The fourth-order valence-electron chi connectivity index (χ4n) is 3.54. The number of amides is 1. The minimum absolute atomic E-state index is 0.0611. The van der Waals surface area contributed by atoms with E-state index in [-0.39, 0.29) is 23.5 Å². The summed E-state index contributed by atoms with van der Waals surface area (Å²) in [7, 11) is 0. The molecule has 1 aromatic carbocycles. The first kappa shape index (κ1) is 16.9. The summed E-state index contributed by atoms with van der Waals surface area (Å²) in [5.74, 6) is 0.210. The van der Waals surface area contributed by atoms with Crippen LogP contribution in [0.2, 0.25) is 0 Å². The molecule has 1 N–H and O–H groups in total. The number of benzene rings is 1. The van der Waals surface area contributed by atoms with Gasteiger partial charge >= 0.3 is 0 Å². The normalized spacial score (nSPS) is 18.8. The van der Waals surface area contributed by atoms with E-state index < -0.39 is 12.3 Å². The van der Waals surface area contributed by atoms with E-state index in [1.807, 2.05) is 25.1 Å². The molecule has 0 aliphatic heterocycles. The maximum atomic E-state index is 13.5. The molecule has 1 heterocycles. The van der Waals surface area contributed by atoms with Crippen molar-refractivity contribution in [2.24, 2.45) is 0 Å². The Morgan fingerprint density at radius 2 is 2.19 bits per heavy atom. The van der Waals surface area contributed by atoms with Crippen LogP contribution in [0.1, 0.15) is 72.0 Å². The SMILES string of the molecule is CCOc1cccc2c1CCC2NC(=O)c1nnn(C2CC2)c1C(F)F. The number of nitrogens with one attached hydrogen (secondary N) is 1. The highest BCUT2D eigenvalue weighted by Crippen LogP contribution is 2.39. The topological polar surface area (TPSA) is 69.0 Å². The van der Waals surface area contributed by atoms with Gasteiger partial charge in [-0.05, 0) is 49.8 Å². The van der Waals surface area contributed by atoms with Crippen LogP contribution in [0.5, 0.6) is 5.75 Å². The average Bonchev–Trinajstić information content (AvgIpc) is 3.23. The Bertz CT molecular complexity index is 833. The summed E-state index contributed by atoms with van der Waals surface area (Å²) < 4.78 is 33.8. The first-order valence-corrected chi connectivity index (χ1v) is 8.88. The molecule has 138 valence electrons. The molecule has 6 nitrogen and oxygen atoms in total. The van der Waals surface area contributed by atoms with Gasteiger partial charge in [-0.2, -0.15) is 0 Å². The predicted octanol–water partition coefficient (Wildman–Crippen LogP) is 3.37. The number of fused-ring (bicyclic) bond motifs is 1. The van der Waals surface area contributed by atoms with Crippen molar-refractivity contribution < 1.29 is 18.3 Å². The van der Waals surface area contributed by atoms with Crippen LogP contribution in [0.15, 0.2) is 18.2 Å². The Kier molecular flexibility index (Phi) is 4.34. The van der Waals surface area contributed by atoms with Crippen LogP contribution in [-0.2, 0) is 6.42 Å². The van der Waals surface area contributed by atoms with Crippen LogP contribution < -0.4 is 10.1 Å². The van der Waals surface area contributed by atoms with Gasteiger partial charge in [0.05, 0.1) is 18.7 Å². The van der Waals surface area contributed by atoms with Crippen molar-refractivity contribution in [2.75, 3.05) is 6.61 Å². The molecule has 1 atom stereocenters. The summed E-state index contributed by atoms with van der Waals surface area (Å²) in [6.45, 7) is 2.48. The van der Waals surface area contributed by atoms with E-state index in [9.17, 15) is 13.6 Å². The molecule has 2 aromatic rings. The van der Waals surface area contributed by atoms with Gasteiger partial charge in [0.25, 0.3) is 12.3 Å². The highest BCUT2D eigenvalue weighted by atomic mass is 19.3. The first-order chi connectivity index (χ1) is 12.6. The lowest BCUT2D eigenvalue weighted by Crippen LogP contribution is -2.28. The van der Waals surface area contributed by atoms with E-state index in [1.165, 1.54) is 4.68 Å². The Labute approximate surface area is 149 Å². The number of aromatic nitrogens is 3. The third-order valence-electron chi connectivity index (χ3n) is 4.88. The monoisotopic (exact) mass is 362 g/mol. The molecule has 26 heavy (non-hydrogen) atoms. The number of nitrogens with zero attached hydrogens (tertiary/aromatic N) is 3. The molecule has 4 rings (SSSR count). The zero-order valence-electron chi connectivity index (χ0n) is 14.4. The maximum absolute atomic E-state index is 13.5. The Morgan fingerprint density at radius 1 is 1.38 bits per heavy atom. The van der Waals surface area contributed by atoms with Gasteiger partial charge in [0.2, 0.25) is 0 Å². The Balaban J connectivity index is 1.57. The zero-order valence-corrected chi connectivity index (χ0v) is 14.4. The number of alkyl halides is 2. The van der Waals surface area contributed by atoms with E-state index >= 15 is 0 Å². The lowest BCUT2D eigenvalue weighted by Gasteiger charge is -2.15. The zero-order chi connectivity index (χ0) is 18.3. The van der Waals surface area contributed by atoms with E-state index in [0.29, 0.717) is 13.0 Å². The third-order valence-corrected chi connectivity index (χ3v) is 4.88. The van der Waals surface area contributed by atoms with Gasteiger partial charge in [0, 0.05) is 0 Å². The summed E-state index contributed by atoms with van der Waals surface area (Å²) in [5.41, 5.74) is 1.38. The molecule has 8 heteroatoms. The van der Waals surface area contributed by atoms with Crippen LogP contribution >= 0.6 is 0 Å². The van der Waals surface area contributed by atoms with Crippen molar-refractivity contribution in [1.29, 1.82) is 0 Å². The second-order valence-electron chi connectivity index (χ2n) is 6.62. The fraction of sp³-hybridized carbons (Fsp3) is 0.500. The maximum Gasteiger partial charge on any atom is 0.282 e. The molecule has 0 radical (unpaired) electrons. The summed E-state index contributed by atoms with van der Waals surface area (Å²) in [4.78, 5) is 12.6. The third kappa shape index (κ3) is 2.93. The Hall–Kier alpha value is -2.51. The molecule has 2 aliphatic rings. The van der Waals surface area contributed by atoms with Gasteiger partial charge in [-0.3, -0.25) is 4.79 Å². The number of hydrogen-bond donors (Lipinski definition) is 1. The number of halogens is 2. The molecule has 1 aromatic heterocycles. The molecular formula is C18H20F2N4O2. The lowest BCUT2D eigenvalue weighted by molar-refractivity contribution is 0.0914. The Morgan fingerprint density at radius 3 is 2.88 bits per heavy atom. The van der Waals surface area contributed by atoms with E-state index in [2.05, 4.69) is 15.6 Å². The van der Waals surface area contributed by atoms with Crippen LogP contribution in [0.25, 0.3) is 0 Å². The first-order valence-electron chi connectivity index (χ1n) is 8.88. The van der Waals surface area contributed by atoms with Gasteiger partial charge in [-0.25, -0.2) is 13.5 Å². The van der Waals surface area contributed by atoms with E-state index in [1.54, 1.807) is 0 Å². The molecule has 2 aliphatic carbocycles. The molecule has 1 saturated carbocycles. The van der Waals surface area contributed by atoms with Crippen molar-refractivity contribution >= 4 is 5.91 Å². The van der Waals surface area contributed by atoms with Crippen LogP contribution in [-0.4, -0.2) is 27.5 Å². The largest absolute Gasteiger partial charge is 0.494 e. The molecule has 0 saturated heterocycles. The van der Waals surface area contributed by atoms with Gasteiger partial charge in [0.15, 0.2) is 5.69 Å². The molecule has 0 spiro atoms. The van der Waals surface area contributed by atoms with Gasteiger partial charge in [-0.15, -0.1) is 5.10 Å².